The molecule has 1 aromatic heterocycles. The van der Waals surface area contributed by atoms with Crippen LogP contribution in [0.1, 0.15) is 35.9 Å². The lowest BCUT2D eigenvalue weighted by Crippen LogP contribution is -2.37. The summed E-state index contributed by atoms with van der Waals surface area (Å²) in [7, 11) is -4.81. The van der Waals surface area contributed by atoms with Crippen LogP contribution in [0.15, 0.2) is 42.5 Å². The molecule has 0 fully saturated rings. The van der Waals surface area contributed by atoms with Crippen LogP contribution in [0.4, 0.5) is 26.3 Å². The number of nitrogens with two attached hydrogens (primary N) is 1. The number of phosphoric ester groups is 1. The molecular formula is C23H24F6N3O6PS. The molecule has 0 saturated carbocycles. The summed E-state index contributed by atoms with van der Waals surface area (Å²) in [6.07, 6.45) is -8.70. The SMILES string of the molecule is C[C@](N)(COP(=O)(O)O)c1nnc(-c2ccc(OCCCCOc3cccc(C(F)(F)F)c3)c(C(F)(F)F)c2)s1. The highest BCUT2D eigenvalue weighted by molar-refractivity contribution is 7.46. The average molecular weight is 615 g/mol. The third-order valence-electron chi connectivity index (χ3n) is 5.20. The van der Waals surface area contributed by atoms with Crippen LogP contribution in [-0.2, 0) is 27.0 Å². The minimum atomic E-state index is -4.81. The van der Waals surface area contributed by atoms with E-state index in [0.717, 1.165) is 35.6 Å². The molecule has 0 aliphatic carbocycles. The summed E-state index contributed by atoms with van der Waals surface area (Å²) in [5.74, 6) is -0.409. The monoisotopic (exact) mass is 615 g/mol. The van der Waals surface area contributed by atoms with Gasteiger partial charge in [0.15, 0.2) is 0 Å². The number of hydrogen-bond acceptors (Lipinski definition) is 8. The highest BCUT2D eigenvalue weighted by Gasteiger charge is 2.36. The highest BCUT2D eigenvalue weighted by Crippen LogP contribution is 2.41. The zero-order valence-electron chi connectivity index (χ0n) is 20.7. The van der Waals surface area contributed by atoms with Crippen molar-refractivity contribution in [3.05, 3.63) is 58.6 Å². The second-order valence-corrected chi connectivity index (χ2v) is 10.9. The summed E-state index contributed by atoms with van der Waals surface area (Å²) in [6.45, 7) is 0.685. The molecule has 0 amide bonds. The van der Waals surface area contributed by atoms with Gasteiger partial charge in [-0.15, -0.1) is 10.2 Å². The quantitative estimate of drug-likeness (QED) is 0.132. The van der Waals surface area contributed by atoms with Crippen molar-refractivity contribution in [2.24, 2.45) is 5.73 Å². The van der Waals surface area contributed by atoms with E-state index in [4.69, 9.17) is 25.0 Å². The van der Waals surface area contributed by atoms with Crippen molar-refractivity contribution in [3.8, 4) is 22.1 Å². The van der Waals surface area contributed by atoms with E-state index in [2.05, 4.69) is 14.7 Å². The lowest BCUT2D eigenvalue weighted by molar-refractivity contribution is -0.139. The average Bonchev–Trinajstić information content (AvgIpc) is 3.35. The molecule has 0 saturated heterocycles. The fourth-order valence-electron chi connectivity index (χ4n) is 3.20. The number of alkyl halides is 6. The number of ether oxygens (including phenoxy) is 2. The van der Waals surface area contributed by atoms with Crippen LogP contribution < -0.4 is 15.2 Å². The molecule has 0 bridgehead atoms. The van der Waals surface area contributed by atoms with E-state index in [1.807, 2.05) is 0 Å². The Kier molecular flexibility index (Phi) is 9.86. The van der Waals surface area contributed by atoms with Crippen LogP contribution in [-0.4, -0.2) is 39.8 Å². The summed E-state index contributed by atoms with van der Waals surface area (Å²) in [6, 6.07) is 7.64. The number of halogens is 6. The molecule has 3 aromatic rings. The summed E-state index contributed by atoms with van der Waals surface area (Å²) in [5.41, 5.74) is 2.66. The van der Waals surface area contributed by atoms with Crippen LogP contribution >= 0.6 is 19.2 Å². The third-order valence-corrected chi connectivity index (χ3v) is 6.92. The fourth-order valence-corrected chi connectivity index (χ4v) is 4.52. The van der Waals surface area contributed by atoms with Crippen LogP contribution in [0.3, 0.4) is 0 Å². The largest absolute Gasteiger partial charge is 0.494 e. The van der Waals surface area contributed by atoms with Gasteiger partial charge in [-0.3, -0.25) is 4.52 Å². The van der Waals surface area contributed by atoms with E-state index >= 15 is 0 Å². The van der Waals surface area contributed by atoms with E-state index in [0.29, 0.717) is 6.42 Å². The van der Waals surface area contributed by atoms with Gasteiger partial charge >= 0.3 is 20.2 Å². The van der Waals surface area contributed by atoms with E-state index < -0.39 is 49.2 Å². The van der Waals surface area contributed by atoms with Gasteiger partial charge in [0.1, 0.15) is 21.5 Å². The first kappa shape index (κ1) is 31.8. The third kappa shape index (κ3) is 9.14. The standard InChI is InChI=1S/C23H24F6N3O6PS/c1-21(30,13-38-39(33,34)35)20-32-31-19(40-20)14-7-8-18(17(11-14)23(27,28)29)37-10-3-2-9-36-16-6-4-5-15(12-16)22(24,25)26/h4-8,11-12H,2-3,9-10,13,30H2,1H3,(H2,33,34,35)/t21-/m0/s1. The molecule has 0 aliphatic rings. The molecule has 9 nitrogen and oxygen atoms in total. The van der Waals surface area contributed by atoms with Gasteiger partial charge < -0.3 is 25.0 Å². The Morgan fingerprint density at radius 2 is 1.62 bits per heavy atom. The van der Waals surface area contributed by atoms with Crippen LogP contribution in [0.2, 0.25) is 0 Å². The maximum absolute atomic E-state index is 13.8. The van der Waals surface area contributed by atoms with E-state index in [1.165, 1.54) is 25.1 Å². The molecule has 0 aliphatic heterocycles. The Hall–Kier alpha value is -2.75. The van der Waals surface area contributed by atoms with Crippen LogP contribution in [0, 0.1) is 0 Å². The molecule has 3 rings (SSSR count). The van der Waals surface area contributed by atoms with Crippen LogP contribution in [0.5, 0.6) is 11.5 Å². The predicted octanol–water partition coefficient (Wildman–Crippen LogP) is 5.76. The minimum absolute atomic E-state index is 0.0230. The molecule has 1 heterocycles. The number of hydrogen-bond donors (Lipinski definition) is 3. The number of benzene rings is 2. The second kappa shape index (κ2) is 12.4. The van der Waals surface area contributed by atoms with E-state index in [9.17, 15) is 30.9 Å². The van der Waals surface area contributed by atoms with Gasteiger partial charge in [0, 0.05) is 5.56 Å². The second-order valence-electron chi connectivity index (χ2n) is 8.73. The number of phosphoric acid groups is 1. The maximum Gasteiger partial charge on any atom is 0.469 e. The molecule has 4 N–H and O–H groups in total. The maximum atomic E-state index is 13.8. The molecule has 2 aromatic carbocycles. The van der Waals surface area contributed by atoms with Crippen molar-refractivity contribution in [2.75, 3.05) is 19.8 Å². The van der Waals surface area contributed by atoms with Gasteiger partial charge in [0.05, 0.1) is 36.5 Å². The summed E-state index contributed by atoms with van der Waals surface area (Å²) < 4.78 is 106. The van der Waals surface area contributed by atoms with Gasteiger partial charge in [-0.25, -0.2) is 4.57 Å². The Morgan fingerprint density at radius 3 is 2.25 bits per heavy atom. The van der Waals surface area contributed by atoms with Crippen molar-refractivity contribution >= 4 is 19.2 Å². The minimum Gasteiger partial charge on any atom is -0.494 e. The van der Waals surface area contributed by atoms with E-state index in [-0.39, 0.29) is 41.0 Å². The zero-order valence-corrected chi connectivity index (χ0v) is 22.4. The fraction of sp³-hybridized carbons (Fsp3) is 0.391. The predicted molar refractivity (Wildman–Crippen MR) is 132 cm³/mol. The smallest absolute Gasteiger partial charge is 0.469 e. The Morgan fingerprint density at radius 1 is 0.950 bits per heavy atom. The molecule has 1 atom stereocenters. The molecule has 40 heavy (non-hydrogen) atoms. The van der Waals surface area contributed by atoms with E-state index in [1.54, 1.807) is 0 Å². The van der Waals surface area contributed by atoms with Crippen molar-refractivity contribution in [3.63, 3.8) is 0 Å². The normalized spacial score (nSPS) is 14.2. The van der Waals surface area contributed by atoms with Crippen molar-refractivity contribution < 1.29 is 54.7 Å². The number of nitrogens with zero attached hydrogens (tertiary/aromatic N) is 2. The van der Waals surface area contributed by atoms with Crippen molar-refractivity contribution in [1.29, 1.82) is 0 Å². The first-order valence-corrected chi connectivity index (χ1v) is 13.8. The lowest BCUT2D eigenvalue weighted by atomic mass is 10.1. The van der Waals surface area contributed by atoms with Gasteiger partial charge in [-0.05, 0) is 56.2 Å². The summed E-state index contributed by atoms with van der Waals surface area (Å²) in [4.78, 5) is 17.7. The van der Waals surface area contributed by atoms with Gasteiger partial charge in [-0.1, -0.05) is 17.4 Å². The van der Waals surface area contributed by atoms with Crippen molar-refractivity contribution in [2.45, 2.75) is 37.7 Å². The Balaban J connectivity index is 1.61. The van der Waals surface area contributed by atoms with Gasteiger partial charge in [0.25, 0.3) is 0 Å². The molecule has 0 spiro atoms. The number of aromatic nitrogens is 2. The van der Waals surface area contributed by atoms with Gasteiger partial charge in [0.2, 0.25) is 0 Å². The molecule has 0 unspecified atom stereocenters. The van der Waals surface area contributed by atoms with Gasteiger partial charge in [-0.2, -0.15) is 26.3 Å². The Labute approximate surface area is 228 Å². The molecule has 220 valence electrons. The number of rotatable bonds is 12. The topological polar surface area (TPSA) is 137 Å². The molecule has 0 radical (unpaired) electrons. The first-order chi connectivity index (χ1) is 18.5. The first-order valence-electron chi connectivity index (χ1n) is 11.4. The van der Waals surface area contributed by atoms with Crippen molar-refractivity contribution in [1.82, 2.24) is 10.2 Å². The summed E-state index contributed by atoms with van der Waals surface area (Å²) in [5, 5.41) is 7.83. The highest BCUT2D eigenvalue weighted by atomic mass is 32.1. The lowest BCUT2D eigenvalue weighted by Gasteiger charge is -2.21. The zero-order chi connectivity index (χ0) is 29.8. The molecular weight excluding hydrogens is 591 g/mol. The Bertz CT molecular complexity index is 1350. The molecule has 17 heteroatoms. The number of unbranched alkanes of at least 4 members (excludes halogenated alkanes) is 1. The van der Waals surface area contributed by atoms with Crippen LogP contribution in [0.25, 0.3) is 10.6 Å². The summed E-state index contributed by atoms with van der Waals surface area (Å²) >= 11 is 0.831.